The SMILES string of the molecule is Fc1cc(F)c2c(c1)OCc1c-2oc2c1C=CC(F)C2. The fourth-order valence-electron chi connectivity index (χ4n) is 2.70. The van der Waals surface area contributed by atoms with Crippen LogP contribution in [0.3, 0.4) is 0 Å². The van der Waals surface area contributed by atoms with Gasteiger partial charge in [0, 0.05) is 29.7 Å². The van der Waals surface area contributed by atoms with Gasteiger partial charge in [0.2, 0.25) is 0 Å². The molecule has 1 aromatic carbocycles. The molecule has 1 atom stereocenters. The van der Waals surface area contributed by atoms with Crippen molar-refractivity contribution in [2.75, 3.05) is 0 Å². The number of hydrogen-bond acceptors (Lipinski definition) is 2. The average molecular weight is 278 g/mol. The van der Waals surface area contributed by atoms with E-state index in [0.29, 0.717) is 17.1 Å². The van der Waals surface area contributed by atoms with Crippen molar-refractivity contribution in [2.45, 2.75) is 19.2 Å². The summed E-state index contributed by atoms with van der Waals surface area (Å²) in [6.45, 7) is 0.158. The first-order valence-corrected chi connectivity index (χ1v) is 6.22. The van der Waals surface area contributed by atoms with Crippen molar-refractivity contribution in [1.82, 2.24) is 0 Å². The van der Waals surface area contributed by atoms with E-state index in [1.807, 2.05) is 0 Å². The van der Waals surface area contributed by atoms with Crippen molar-refractivity contribution < 1.29 is 22.3 Å². The Hall–Kier alpha value is -2.17. The monoisotopic (exact) mass is 278 g/mol. The van der Waals surface area contributed by atoms with Gasteiger partial charge in [-0.15, -0.1) is 0 Å². The van der Waals surface area contributed by atoms with Gasteiger partial charge in [0.1, 0.15) is 41.7 Å². The van der Waals surface area contributed by atoms with Crippen LogP contribution >= 0.6 is 0 Å². The summed E-state index contributed by atoms with van der Waals surface area (Å²) in [7, 11) is 0. The highest BCUT2D eigenvalue weighted by molar-refractivity contribution is 5.76. The number of ether oxygens (including phenoxy) is 1. The lowest BCUT2D eigenvalue weighted by Gasteiger charge is -2.17. The number of hydrogen-bond donors (Lipinski definition) is 0. The van der Waals surface area contributed by atoms with E-state index in [1.54, 1.807) is 6.08 Å². The molecular weight excluding hydrogens is 269 g/mol. The Balaban J connectivity index is 1.96. The Bertz CT molecular complexity index is 746. The van der Waals surface area contributed by atoms with Crippen LogP contribution in [0, 0.1) is 11.6 Å². The molecule has 20 heavy (non-hydrogen) atoms. The van der Waals surface area contributed by atoms with Gasteiger partial charge in [0.15, 0.2) is 0 Å². The first kappa shape index (κ1) is 11.6. The second-order valence-electron chi connectivity index (χ2n) is 4.88. The highest BCUT2D eigenvalue weighted by Gasteiger charge is 2.31. The second-order valence-corrected chi connectivity index (χ2v) is 4.88. The van der Waals surface area contributed by atoms with Crippen molar-refractivity contribution in [3.8, 4) is 17.1 Å². The van der Waals surface area contributed by atoms with Gasteiger partial charge in [-0.1, -0.05) is 6.08 Å². The Morgan fingerprint density at radius 1 is 1.20 bits per heavy atom. The first-order valence-electron chi connectivity index (χ1n) is 6.22. The molecule has 2 heterocycles. The molecule has 1 aliphatic carbocycles. The number of benzene rings is 1. The van der Waals surface area contributed by atoms with Gasteiger partial charge in [-0.3, -0.25) is 0 Å². The maximum absolute atomic E-state index is 14.0. The zero-order valence-electron chi connectivity index (χ0n) is 10.3. The van der Waals surface area contributed by atoms with Gasteiger partial charge in [-0.2, -0.15) is 0 Å². The van der Waals surface area contributed by atoms with Crippen LogP contribution in [-0.4, -0.2) is 6.17 Å². The molecule has 0 amide bonds. The van der Waals surface area contributed by atoms with Crippen LogP contribution < -0.4 is 4.74 Å². The van der Waals surface area contributed by atoms with Crippen LogP contribution in [0.15, 0.2) is 22.6 Å². The summed E-state index contributed by atoms with van der Waals surface area (Å²) in [6.07, 6.45) is 2.08. The molecule has 1 aliphatic heterocycles. The summed E-state index contributed by atoms with van der Waals surface area (Å²) in [6, 6.07) is 1.91. The maximum atomic E-state index is 14.0. The minimum Gasteiger partial charge on any atom is -0.488 e. The molecule has 2 nitrogen and oxygen atoms in total. The summed E-state index contributed by atoms with van der Waals surface area (Å²) in [5.74, 6) is -0.544. The van der Waals surface area contributed by atoms with Crippen LogP contribution in [0.1, 0.15) is 16.9 Å². The molecule has 1 unspecified atom stereocenters. The van der Waals surface area contributed by atoms with E-state index in [0.717, 1.165) is 17.7 Å². The predicted octanol–water partition coefficient (Wildman–Crippen LogP) is 4.02. The van der Waals surface area contributed by atoms with Crippen LogP contribution in [0.5, 0.6) is 5.75 Å². The predicted molar refractivity (Wildman–Crippen MR) is 66.0 cm³/mol. The number of rotatable bonds is 0. The van der Waals surface area contributed by atoms with E-state index in [9.17, 15) is 13.2 Å². The Labute approximate surface area is 112 Å². The van der Waals surface area contributed by atoms with Crippen molar-refractivity contribution in [2.24, 2.45) is 0 Å². The third-order valence-electron chi connectivity index (χ3n) is 3.59. The average Bonchev–Trinajstić information content (AvgIpc) is 2.74. The lowest BCUT2D eigenvalue weighted by molar-refractivity contribution is 0.294. The van der Waals surface area contributed by atoms with Crippen LogP contribution in [0.4, 0.5) is 13.2 Å². The van der Waals surface area contributed by atoms with Crippen molar-refractivity contribution >= 4 is 6.08 Å². The van der Waals surface area contributed by atoms with Crippen molar-refractivity contribution in [3.05, 3.63) is 46.7 Å². The quantitative estimate of drug-likeness (QED) is 0.726. The summed E-state index contributed by atoms with van der Waals surface area (Å²) in [5.41, 5.74) is 1.52. The highest BCUT2D eigenvalue weighted by atomic mass is 19.1. The number of halogens is 3. The highest BCUT2D eigenvalue weighted by Crippen LogP contribution is 2.44. The van der Waals surface area contributed by atoms with Crippen molar-refractivity contribution in [1.29, 1.82) is 0 Å². The van der Waals surface area contributed by atoms with Gasteiger partial charge in [0.25, 0.3) is 0 Å². The van der Waals surface area contributed by atoms with E-state index < -0.39 is 17.8 Å². The van der Waals surface area contributed by atoms with E-state index in [-0.39, 0.29) is 24.3 Å². The third-order valence-corrected chi connectivity index (χ3v) is 3.59. The van der Waals surface area contributed by atoms with E-state index in [2.05, 4.69) is 0 Å². The minimum absolute atomic E-state index is 0.103. The molecule has 4 rings (SSSR count). The molecule has 0 saturated carbocycles. The Kier molecular flexibility index (Phi) is 2.28. The summed E-state index contributed by atoms with van der Waals surface area (Å²) in [4.78, 5) is 0. The largest absolute Gasteiger partial charge is 0.488 e. The second kappa shape index (κ2) is 3.91. The lowest BCUT2D eigenvalue weighted by Crippen LogP contribution is -2.08. The molecule has 102 valence electrons. The van der Waals surface area contributed by atoms with E-state index in [4.69, 9.17) is 9.15 Å². The molecule has 0 saturated heterocycles. The Morgan fingerprint density at radius 2 is 2.05 bits per heavy atom. The standard InChI is InChI=1S/C15H9F3O2/c16-7-1-2-9-10-6-19-13-5-8(17)3-11(18)14(13)15(10)20-12(9)4-7/h1-3,5,7H,4,6H2. The molecule has 5 heteroatoms. The molecular formula is C15H9F3O2. The summed E-state index contributed by atoms with van der Waals surface area (Å²) in [5, 5.41) is 0. The fraction of sp³-hybridized carbons (Fsp3) is 0.200. The Morgan fingerprint density at radius 3 is 2.90 bits per heavy atom. The van der Waals surface area contributed by atoms with Crippen LogP contribution in [0.25, 0.3) is 17.4 Å². The van der Waals surface area contributed by atoms with Gasteiger partial charge in [-0.25, -0.2) is 13.2 Å². The zero-order valence-corrected chi connectivity index (χ0v) is 10.3. The third kappa shape index (κ3) is 1.52. The lowest BCUT2D eigenvalue weighted by atomic mass is 9.97. The van der Waals surface area contributed by atoms with Gasteiger partial charge in [-0.05, 0) is 6.08 Å². The molecule has 1 aromatic heterocycles. The van der Waals surface area contributed by atoms with Gasteiger partial charge >= 0.3 is 0 Å². The van der Waals surface area contributed by atoms with E-state index >= 15 is 0 Å². The summed E-state index contributed by atoms with van der Waals surface area (Å²) < 4.78 is 51.5. The minimum atomic E-state index is -1.10. The summed E-state index contributed by atoms with van der Waals surface area (Å²) >= 11 is 0. The molecule has 0 fully saturated rings. The van der Waals surface area contributed by atoms with Gasteiger partial charge < -0.3 is 9.15 Å². The topological polar surface area (TPSA) is 22.4 Å². The first-order chi connectivity index (χ1) is 9.63. The molecule has 0 radical (unpaired) electrons. The molecule has 0 spiro atoms. The fourth-order valence-corrected chi connectivity index (χ4v) is 2.70. The number of allylic oxidation sites excluding steroid dienone is 1. The van der Waals surface area contributed by atoms with Crippen molar-refractivity contribution in [3.63, 3.8) is 0 Å². The molecule has 0 N–H and O–H groups in total. The molecule has 2 aliphatic rings. The molecule has 2 aromatic rings. The van der Waals surface area contributed by atoms with Gasteiger partial charge in [0.05, 0.1) is 5.56 Å². The smallest absolute Gasteiger partial charge is 0.148 e. The number of furan rings is 1. The zero-order chi connectivity index (χ0) is 13.9. The molecule has 0 bridgehead atoms. The number of alkyl halides is 1. The van der Waals surface area contributed by atoms with E-state index in [1.165, 1.54) is 6.08 Å². The van der Waals surface area contributed by atoms with Crippen LogP contribution in [0.2, 0.25) is 0 Å². The maximum Gasteiger partial charge on any atom is 0.148 e. The van der Waals surface area contributed by atoms with Crippen LogP contribution in [-0.2, 0) is 13.0 Å². The number of fused-ring (bicyclic) bond motifs is 5. The normalized spacial score (nSPS) is 19.1.